The van der Waals surface area contributed by atoms with Gasteiger partial charge in [-0.25, -0.2) is 7.61 Å². The molecule has 0 heterocycles. The standard InChI is InChI=1S/C7H18Cl6N2SSi3/c1-7(2,3)14(18(8,9)10)16-15(17(4,5)6)19(11,12)13/h1-6H3. The molecule has 12 heteroatoms. The predicted octanol–water partition coefficient (Wildman–Crippen LogP) is 6.09. The van der Waals surface area contributed by atoms with Gasteiger partial charge in [-0.15, -0.1) is 66.5 Å². The van der Waals surface area contributed by atoms with Crippen molar-refractivity contribution < 1.29 is 0 Å². The van der Waals surface area contributed by atoms with Gasteiger partial charge in [0, 0.05) is 5.54 Å². The molecule has 0 fully saturated rings. The first-order chi connectivity index (χ1) is 7.97. The summed E-state index contributed by atoms with van der Waals surface area (Å²) in [6, 6.07) is 0. The van der Waals surface area contributed by atoms with E-state index in [0.717, 1.165) is 0 Å². The van der Waals surface area contributed by atoms with Crippen molar-refractivity contribution in [1.82, 2.24) is 7.61 Å². The van der Waals surface area contributed by atoms with Crippen molar-refractivity contribution in [3.63, 3.8) is 0 Å². The minimum atomic E-state index is -3.10. The Bertz CT molecular complexity index is 250. The van der Waals surface area contributed by atoms with E-state index >= 15 is 0 Å². The average molecular weight is 459 g/mol. The van der Waals surface area contributed by atoms with Crippen molar-refractivity contribution >= 4 is 99.2 Å². The third-order valence-corrected chi connectivity index (χ3v) is 18.7. The lowest BCUT2D eigenvalue weighted by molar-refractivity contribution is 0.390. The Balaban J connectivity index is 5.43. The van der Waals surface area contributed by atoms with Crippen LogP contribution in [0, 0.1) is 0 Å². The SMILES string of the molecule is CC(C)(C)N(SN([Si](C)(C)C)[Si](Cl)(Cl)Cl)[Si](Cl)(Cl)Cl. The van der Waals surface area contributed by atoms with Gasteiger partial charge in [0.05, 0.1) is 0 Å². The van der Waals surface area contributed by atoms with Crippen molar-refractivity contribution in [2.75, 3.05) is 0 Å². The summed E-state index contributed by atoms with van der Waals surface area (Å²) in [5, 5.41) is 0. The molecule has 0 bridgehead atoms. The van der Waals surface area contributed by atoms with Crippen LogP contribution >= 0.6 is 78.6 Å². The fourth-order valence-electron chi connectivity index (χ4n) is 1.18. The van der Waals surface area contributed by atoms with E-state index in [2.05, 4.69) is 19.6 Å². The number of halogens is 6. The Labute approximate surface area is 151 Å². The number of rotatable bonds is 5. The van der Waals surface area contributed by atoms with Crippen LogP contribution in [0.5, 0.6) is 0 Å². The maximum Gasteiger partial charge on any atom is 0.435 e. The summed E-state index contributed by atoms with van der Waals surface area (Å²) >= 11 is 38.4. The van der Waals surface area contributed by atoms with Gasteiger partial charge in [0.1, 0.15) is 8.24 Å². The highest BCUT2D eigenvalue weighted by atomic mass is 35.8. The van der Waals surface area contributed by atoms with E-state index in [1.165, 1.54) is 12.1 Å². The lowest BCUT2D eigenvalue weighted by Gasteiger charge is -2.45. The topological polar surface area (TPSA) is 6.48 Å². The van der Waals surface area contributed by atoms with Crippen LogP contribution in [0.4, 0.5) is 0 Å². The van der Waals surface area contributed by atoms with Crippen LogP contribution in [0.15, 0.2) is 0 Å². The molecule has 19 heavy (non-hydrogen) atoms. The molecule has 0 aromatic heterocycles. The molecular weight excluding hydrogens is 441 g/mol. The molecule has 0 N–H and O–H groups in total. The maximum absolute atomic E-state index is 6.20. The molecule has 0 radical (unpaired) electrons. The molecule has 0 saturated carbocycles. The van der Waals surface area contributed by atoms with E-state index < -0.39 is 20.6 Å². The van der Waals surface area contributed by atoms with Crippen molar-refractivity contribution in [3.05, 3.63) is 0 Å². The first-order valence-corrected chi connectivity index (χ1v) is 19.5. The van der Waals surface area contributed by atoms with Gasteiger partial charge in [-0.3, -0.25) is 0 Å². The molecule has 0 aromatic carbocycles. The second-order valence-electron chi connectivity index (χ2n) is 5.95. The molecule has 0 aliphatic rings. The Morgan fingerprint density at radius 1 is 0.789 bits per heavy atom. The summed E-state index contributed by atoms with van der Waals surface area (Å²) < 4.78 is 3.63. The molecule has 2 nitrogen and oxygen atoms in total. The summed E-state index contributed by atoms with van der Waals surface area (Å²) in [5.41, 5.74) is -0.343. The van der Waals surface area contributed by atoms with Crippen LogP contribution in [0.3, 0.4) is 0 Å². The normalized spacial score (nSPS) is 15.5. The molecule has 0 aliphatic carbocycles. The smallest absolute Gasteiger partial charge is 0.243 e. The molecule has 0 rings (SSSR count). The zero-order chi connectivity index (χ0) is 15.9. The maximum atomic E-state index is 6.20. The average Bonchev–Trinajstić information content (AvgIpc) is 1.91. The monoisotopic (exact) mass is 456 g/mol. The molecule has 0 spiro atoms. The van der Waals surface area contributed by atoms with E-state index in [4.69, 9.17) is 66.5 Å². The van der Waals surface area contributed by atoms with Crippen LogP contribution in [-0.4, -0.2) is 33.7 Å². The summed E-state index contributed by atoms with van der Waals surface area (Å²) in [6.07, 6.45) is -6.17. The van der Waals surface area contributed by atoms with Crippen LogP contribution in [0.25, 0.3) is 0 Å². The Morgan fingerprint density at radius 2 is 1.16 bits per heavy atom. The van der Waals surface area contributed by atoms with E-state index in [0.29, 0.717) is 0 Å². The summed E-state index contributed by atoms with van der Waals surface area (Å²) in [4.78, 5) is 0. The predicted molar refractivity (Wildman–Crippen MR) is 101 cm³/mol. The third kappa shape index (κ3) is 7.65. The highest BCUT2D eigenvalue weighted by molar-refractivity contribution is 8.03. The van der Waals surface area contributed by atoms with Crippen LogP contribution < -0.4 is 0 Å². The van der Waals surface area contributed by atoms with Crippen molar-refractivity contribution in [3.8, 4) is 0 Å². The fraction of sp³-hybridized carbons (Fsp3) is 1.00. The second kappa shape index (κ2) is 7.05. The fourth-order valence-corrected chi connectivity index (χ4v) is 19.1. The van der Waals surface area contributed by atoms with E-state index in [1.54, 1.807) is 3.97 Å². The molecule has 0 aromatic rings. The third-order valence-electron chi connectivity index (χ3n) is 1.84. The lowest BCUT2D eigenvalue weighted by atomic mass is 10.1. The quantitative estimate of drug-likeness (QED) is 0.279. The van der Waals surface area contributed by atoms with Gasteiger partial charge in [-0.1, -0.05) is 19.6 Å². The summed E-state index contributed by atoms with van der Waals surface area (Å²) in [5.74, 6) is 0. The molecule has 0 aliphatic heterocycles. The Hall–Kier alpha value is 2.66. The van der Waals surface area contributed by atoms with Gasteiger partial charge >= 0.3 is 12.3 Å². The lowest BCUT2D eigenvalue weighted by Crippen LogP contribution is -2.57. The van der Waals surface area contributed by atoms with Gasteiger partial charge in [-0.05, 0) is 32.9 Å². The number of nitrogens with zero attached hydrogens (tertiary/aromatic N) is 2. The minimum absolute atomic E-state index is 0.343. The molecule has 116 valence electrons. The van der Waals surface area contributed by atoms with Gasteiger partial charge in [0.2, 0.25) is 0 Å². The van der Waals surface area contributed by atoms with Crippen molar-refractivity contribution in [2.24, 2.45) is 0 Å². The summed E-state index contributed by atoms with van der Waals surface area (Å²) in [7, 11) is -1.88. The molecule has 0 saturated heterocycles. The highest BCUT2D eigenvalue weighted by Gasteiger charge is 2.50. The van der Waals surface area contributed by atoms with Crippen LogP contribution in [0.1, 0.15) is 20.8 Å². The van der Waals surface area contributed by atoms with E-state index in [1.807, 2.05) is 24.4 Å². The van der Waals surface area contributed by atoms with Crippen molar-refractivity contribution in [2.45, 2.75) is 46.0 Å². The molecule has 0 unspecified atom stereocenters. The zero-order valence-electron chi connectivity index (χ0n) is 11.6. The molecular formula is C7H18Cl6N2SSi3. The van der Waals surface area contributed by atoms with E-state index in [9.17, 15) is 0 Å². The Morgan fingerprint density at radius 3 is 1.32 bits per heavy atom. The largest absolute Gasteiger partial charge is 0.435 e. The van der Waals surface area contributed by atoms with Crippen molar-refractivity contribution in [1.29, 1.82) is 0 Å². The van der Waals surface area contributed by atoms with Crippen LogP contribution in [-0.2, 0) is 0 Å². The van der Waals surface area contributed by atoms with Crippen LogP contribution in [0.2, 0.25) is 19.6 Å². The van der Waals surface area contributed by atoms with Gasteiger partial charge < -0.3 is 0 Å². The van der Waals surface area contributed by atoms with Gasteiger partial charge in [-0.2, -0.15) is 0 Å². The number of hydrogen-bond acceptors (Lipinski definition) is 3. The minimum Gasteiger partial charge on any atom is -0.243 e. The molecule has 0 atom stereocenters. The zero-order valence-corrected chi connectivity index (χ0v) is 19.9. The van der Waals surface area contributed by atoms with Gasteiger partial charge in [0.25, 0.3) is 0 Å². The second-order valence-corrected chi connectivity index (χ2v) is 29.1. The first kappa shape index (κ1) is 21.7. The summed E-state index contributed by atoms with van der Waals surface area (Å²) in [6.45, 7) is 12.2. The highest BCUT2D eigenvalue weighted by Crippen LogP contribution is 2.45. The van der Waals surface area contributed by atoms with Gasteiger partial charge in [0.15, 0.2) is 0 Å². The number of hydrogen-bond donors (Lipinski definition) is 0. The Kier molecular flexibility index (Phi) is 8.04. The van der Waals surface area contributed by atoms with E-state index in [-0.39, 0.29) is 5.54 Å². The molecule has 0 amide bonds. The first-order valence-electron chi connectivity index (χ1n) is 5.39.